The Morgan fingerprint density at radius 1 is 1.00 bits per heavy atom. The van der Waals surface area contributed by atoms with E-state index in [1.54, 1.807) is 18.3 Å². The maximum atomic E-state index is 13.1. The average Bonchev–Trinajstić information content (AvgIpc) is 3.40. The molecule has 1 amide bonds. The minimum Gasteiger partial charge on any atom is -0.477 e. The molecule has 1 saturated carbocycles. The van der Waals surface area contributed by atoms with Crippen LogP contribution in [0.15, 0.2) is 42.6 Å². The number of carbonyl (C=O) groups excluding carboxylic acids is 1. The van der Waals surface area contributed by atoms with E-state index in [2.05, 4.69) is 27.0 Å². The number of carbonyl (C=O) groups is 1. The quantitative estimate of drug-likeness (QED) is 0.385. The van der Waals surface area contributed by atoms with E-state index in [1.807, 2.05) is 24.3 Å². The molecule has 0 radical (unpaired) electrons. The number of ether oxygens (including phenoxy) is 1. The van der Waals surface area contributed by atoms with Crippen LogP contribution in [-0.2, 0) is 19.3 Å². The fourth-order valence-electron chi connectivity index (χ4n) is 6.16. The Morgan fingerprint density at radius 3 is 2.37 bits per heavy atom. The molecule has 3 aromatic rings. The van der Waals surface area contributed by atoms with Gasteiger partial charge in [-0.1, -0.05) is 25.5 Å². The summed E-state index contributed by atoms with van der Waals surface area (Å²) in [6.45, 7) is 6.75. The van der Waals surface area contributed by atoms with E-state index in [0.717, 1.165) is 41.6 Å². The van der Waals surface area contributed by atoms with Crippen molar-refractivity contribution in [3.05, 3.63) is 59.8 Å². The van der Waals surface area contributed by atoms with Crippen molar-refractivity contribution < 1.29 is 22.7 Å². The third-order valence-electron chi connectivity index (χ3n) is 8.84. The Balaban J connectivity index is 0.992. The Bertz CT molecular complexity index is 1360. The summed E-state index contributed by atoms with van der Waals surface area (Å²) < 4.78 is 46.3. The number of amides is 1. The number of hydrogen-bond acceptors (Lipinski definition) is 6. The first-order chi connectivity index (χ1) is 19.7. The Labute approximate surface area is 237 Å². The monoisotopic (exact) mass is 568 g/mol. The van der Waals surface area contributed by atoms with Gasteiger partial charge in [0.2, 0.25) is 11.7 Å². The van der Waals surface area contributed by atoms with Crippen LogP contribution in [0.4, 0.5) is 13.2 Å². The van der Waals surface area contributed by atoms with Crippen molar-refractivity contribution in [1.82, 2.24) is 29.5 Å². The molecule has 3 aliphatic rings. The smallest absolute Gasteiger partial charge is 0.451 e. The maximum absolute atomic E-state index is 13.1. The number of benzene rings is 1. The predicted octanol–water partition coefficient (Wildman–Crippen LogP) is 5.30. The number of alkyl halides is 3. The number of aromatic nitrogens is 4. The number of rotatable bonds is 7. The van der Waals surface area contributed by atoms with E-state index in [0.29, 0.717) is 29.4 Å². The molecular weight excluding hydrogens is 533 g/mol. The van der Waals surface area contributed by atoms with Crippen LogP contribution in [0.5, 0.6) is 5.88 Å². The normalized spacial score (nSPS) is 19.5. The third kappa shape index (κ3) is 6.10. The lowest BCUT2D eigenvalue weighted by Gasteiger charge is -2.44. The fourth-order valence-corrected chi connectivity index (χ4v) is 6.16. The molecule has 8 nitrogen and oxygen atoms in total. The third-order valence-corrected chi connectivity index (χ3v) is 8.84. The van der Waals surface area contributed by atoms with Crippen LogP contribution in [0.3, 0.4) is 0 Å². The molecule has 4 heterocycles. The van der Waals surface area contributed by atoms with E-state index in [9.17, 15) is 18.0 Å². The molecule has 2 aliphatic heterocycles. The zero-order chi connectivity index (χ0) is 28.6. The highest BCUT2D eigenvalue weighted by atomic mass is 19.4. The number of piperidine rings is 1. The van der Waals surface area contributed by atoms with Crippen LogP contribution >= 0.6 is 0 Å². The molecule has 1 aromatic carbocycles. The second-order valence-electron chi connectivity index (χ2n) is 12.0. The van der Waals surface area contributed by atoms with E-state index in [4.69, 9.17) is 4.74 Å². The molecule has 2 fully saturated rings. The minimum absolute atomic E-state index is 0.000231. The molecular formula is C30H35F3N6O2. The van der Waals surface area contributed by atoms with Gasteiger partial charge in [-0.05, 0) is 73.9 Å². The van der Waals surface area contributed by atoms with Gasteiger partial charge in [0.05, 0.1) is 13.2 Å². The Morgan fingerprint density at radius 2 is 1.73 bits per heavy atom. The molecule has 0 atom stereocenters. The number of halogens is 3. The van der Waals surface area contributed by atoms with Gasteiger partial charge in [-0.3, -0.25) is 4.79 Å². The molecule has 1 aliphatic carbocycles. The second kappa shape index (κ2) is 11.1. The first-order valence-corrected chi connectivity index (χ1v) is 14.4. The lowest BCUT2D eigenvalue weighted by atomic mass is 9.70. The summed E-state index contributed by atoms with van der Waals surface area (Å²) in [7, 11) is 0. The summed E-state index contributed by atoms with van der Waals surface area (Å²) in [5.41, 5.74) is 2.80. The zero-order valence-electron chi connectivity index (χ0n) is 23.2. The predicted molar refractivity (Wildman–Crippen MR) is 146 cm³/mol. The Kier molecular flexibility index (Phi) is 7.48. The standard InChI is InChI=1S/C30H35F3N6O2/c1-29(11-2-12-29)20-37-13-9-21(10-14-37)19-41-26-8-7-24(17-34-26)22-3-5-23(6-4-22)27(40)38-15-16-39-25(18-38)35-36-28(39)30(31,32)33/h3-8,17,21H,2,9-16,18-20H2,1H3. The molecule has 2 aromatic heterocycles. The van der Waals surface area contributed by atoms with Crippen LogP contribution in [0, 0.1) is 11.3 Å². The van der Waals surface area contributed by atoms with Crippen molar-refractivity contribution in [2.45, 2.75) is 58.3 Å². The highest BCUT2D eigenvalue weighted by Crippen LogP contribution is 2.41. The van der Waals surface area contributed by atoms with Gasteiger partial charge >= 0.3 is 6.18 Å². The molecule has 41 heavy (non-hydrogen) atoms. The van der Waals surface area contributed by atoms with Gasteiger partial charge in [-0.25, -0.2) is 4.98 Å². The molecule has 6 rings (SSSR count). The number of nitrogens with zero attached hydrogens (tertiary/aromatic N) is 6. The molecule has 0 spiro atoms. The summed E-state index contributed by atoms with van der Waals surface area (Å²) in [6, 6.07) is 11.0. The largest absolute Gasteiger partial charge is 0.477 e. The molecule has 0 bridgehead atoms. The van der Waals surface area contributed by atoms with Crippen LogP contribution in [0.1, 0.15) is 61.0 Å². The van der Waals surface area contributed by atoms with Crippen LogP contribution in [0.2, 0.25) is 0 Å². The zero-order valence-corrected chi connectivity index (χ0v) is 23.2. The summed E-state index contributed by atoms with van der Waals surface area (Å²) in [5.74, 6) is 0.00448. The van der Waals surface area contributed by atoms with Gasteiger partial charge in [0.1, 0.15) is 0 Å². The topological polar surface area (TPSA) is 76.4 Å². The van der Waals surface area contributed by atoms with Crippen molar-refractivity contribution in [1.29, 1.82) is 0 Å². The van der Waals surface area contributed by atoms with Crippen molar-refractivity contribution >= 4 is 5.91 Å². The van der Waals surface area contributed by atoms with Crippen molar-refractivity contribution in [3.63, 3.8) is 0 Å². The number of pyridine rings is 1. The van der Waals surface area contributed by atoms with Gasteiger partial charge in [0.25, 0.3) is 5.91 Å². The molecule has 218 valence electrons. The van der Waals surface area contributed by atoms with Gasteiger partial charge in [0, 0.05) is 43.0 Å². The summed E-state index contributed by atoms with van der Waals surface area (Å²) in [4.78, 5) is 21.6. The molecule has 1 saturated heterocycles. The second-order valence-corrected chi connectivity index (χ2v) is 12.0. The van der Waals surface area contributed by atoms with Gasteiger partial charge in [-0.2, -0.15) is 13.2 Å². The summed E-state index contributed by atoms with van der Waals surface area (Å²) in [5, 5.41) is 6.92. The van der Waals surface area contributed by atoms with Crippen molar-refractivity contribution in [2.75, 3.05) is 32.8 Å². The summed E-state index contributed by atoms with van der Waals surface area (Å²) in [6.07, 6.45) is 3.62. The van der Waals surface area contributed by atoms with Gasteiger partial charge < -0.3 is 19.1 Å². The van der Waals surface area contributed by atoms with E-state index < -0.39 is 12.0 Å². The Hall–Kier alpha value is -3.47. The lowest BCUT2D eigenvalue weighted by molar-refractivity contribution is -0.147. The number of fused-ring (bicyclic) bond motifs is 1. The van der Waals surface area contributed by atoms with E-state index in [1.165, 1.54) is 30.7 Å². The highest BCUT2D eigenvalue weighted by molar-refractivity contribution is 5.94. The van der Waals surface area contributed by atoms with Gasteiger partial charge in [0.15, 0.2) is 5.82 Å². The number of likely N-dealkylation sites (tertiary alicyclic amines) is 1. The summed E-state index contributed by atoms with van der Waals surface area (Å²) >= 11 is 0. The van der Waals surface area contributed by atoms with E-state index in [-0.39, 0.29) is 31.4 Å². The highest BCUT2D eigenvalue weighted by Gasteiger charge is 2.40. The first kappa shape index (κ1) is 27.7. The number of hydrogen-bond donors (Lipinski definition) is 0. The van der Waals surface area contributed by atoms with E-state index >= 15 is 0 Å². The average molecular weight is 569 g/mol. The van der Waals surface area contributed by atoms with Crippen molar-refractivity contribution in [2.24, 2.45) is 11.3 Å². The molecule has 0 N–H and O–H groups in total. The van der Waals surface area contributed by atoms with Crippen LogP contribution in [-0.4, -0.2) is 68.2 Å². The van der Waals surface area contributed by atoms with Crippen molar-refractivity contribution in [3.8, 4) is 17.0 Å². The molecule has 0 unspecified atom stereocenters. The van der Waals surface area contributed by atoms with Crippen LogP contribution in [0.25, 0.3) is 11.1 Å². The van der Waals surface area contributed by atoms with Gasteiger partial charge in [-0.15, -0.1) is 10.2 Å². The minimum atomic E-state index is -4.57. The fraction of sp³-hybridized carbons (Fsp3) is 0.533. The van der Waals surface area contributed by atoms with Crippen LogP contribution < -0.4 is 4.74 Å². The lowest BCUT2D eigenvalue weighted by Crippen LogP contribution is -2.44. The molecule has 11 heteroatoms. The first-order valence-electron chi connectivity index (χ1n) is 14.4. The SMILES string of the molecule is CC1(CN2CCC(COc3ccc(-c4ccc(C(=O)N5CCn6c(nnc6C(F)(F)F)C5)cc4)cn3)CC2)CCC1. The maximum Gasteiger partial charge on any atom is 0.451 e.